The van der Waals surface area contributed by atoms with Crippen LogP contribution in [0.5, 0.6) is 5.88 Å². The van der Waals surface area contributed by atoms with Crippen LogP contribution in [0.2, 0.25) is 0 Å². The summed E-state index contributed by atoms with van der Waals surface area (Å²) in [4.78, 5) is 12.9. The zero-order chi connectivity index (χ0) is 27.4. The molecule has 1 aromatic carbocycles. The van der Waals surface area contributed by atoms with Crippen molar-refractivity contribution in [1.29, 1.82) is 5.26 Å². The summed E-state index contributed by atoms with van der Waals surface area (Å²) >= 11 is 0. The lowest BCUT2D eigenvalue weighted by Crippen LogP contribution is -2.33. The van der Waals surface area contributed by atoms with Crippen molar-refractivity contribution >= 4 is 21.4 Å². The van der Waals surface area contributed by atoms with Crippen LogP contribution >= 0.6 is 0 Å². The lowest BCUT2D eigenvalue weighted by Gasteiger charge is -2.22. The van der Waals surface area contributed by atoms with E-state index < -0.39 is 15.6 Å². The molecule has 2 aromatic rings. The van der Waals surface area contributed by atoms with Gasteiger partial charge in [-0.05, 0) is 50.5 Å². The number of aromatic hydroxyl groups is 1. The van der Waals surface area contributed by atoms with E-state index in [2.05, 4.69) is 17.2 Å². The van der Waals surface area contributed by atoms with Gasteiger partial charge in [0.1, 0.15) is 11.6 Å². The zero-order valence-corrected chi connectivity index (χ0v) is 23.2. The molecule has 1 heterocycles. The van der Waals surface area contributed by atoms with E-state index in [4.69, 9.17) is 0 Å². The highest BCUT2D eigenvalue weighted by Gasteiger charge is 2.23. The molecule has 10 heteroatoms. The van der Waals surface area contributed by atoms with Crippen molar-refractivity contribution in [3.05, 3.63) is 45.7 Å². The van der Waals surface area contributed by atoms with Gasteiger partial charge >= 0.3 is 0 Å². The van der Waals surface area contributed by atoms with Gasteiger partial charge in [0.25, 0.3) is 5.56 Å². The molecule has 1 N–H and O–H groups in total. The summed E-state index contributed by atoms with van der Waals surface area (Å²) in [6.07, 6.45) is 7.04. The zero-order valence-electron chi connectivity index (χ0n) is 22.4. The molecule has 0 saturated carbocycles. The normalized spacial score (nSPS) is 11.9. The van der Waals surface area contributed by atoms with E-state index in [1.807, 2.05) is 19.9 Å². The van der Waals surface area contributed by atoms with Crippen LogP contribution in [0.15, 0.2) is 44.2 Å². The van der Waals surface area contributed by atoms with Crippen LogP contribution in [0, 0.1) is 18.3 Å². The third kappa shape index (κ3) is 7.73. The van der Waals surface area contributed by atoms with E-state index in [-0.39, 0.29) is 34.1 Å². The molecule has 0 radical (unpaired) electrons. The van der Waals surface area contributed by atoms with Crippen LogP contribution in [-0.4, -0.2) is 35.5 Å². The quantitative estimate of drug-likeness (QED) is 0.213. The minimum Gasteiger partial charge on any atom is -0.493 e. The minimum absolute atomic E-state index is 0.0497. The topological polar surface area (TPSA) is 128 Å². The number of nitrogens with zero attached hydrogens (tertiary/aromatic N) is 5. The van der Waals surface area contributed by atoms with Gasteiger partial charge in [-0.3, -0.25) is 9.36 Å². The third-order valence-corrected chi connectivity index (χ3v) is 8.18. The molecule has 0 amide bonds. The van der Waals surface area contributed by atoms with Gasteiger partial charge in [0.05, 0.1) is 10.6 Å². The number of azo groups is 1. The van der Waals surface area contributed by atoms with Gasteiger partial charge in [0.15, 0.2) is 5.69 Å². The molecule has 0 unspecified atom stereocenters. The number of sulfonamides is 1. The van der Waals surface area contributed by atoms with Gasteiger partial charge in [0, 0.05) is 25.2 Å². The van der Waals surface area contributed by atoms with Crippen LogP contribution in [0.4, 0.5) is 11.4 Å². The minimum atomic E-state index is -3.63. The Labute approximate surface area is 220 Å². The highest BCUT2D eigenvalue weighted by atomic mass is 32.2. The van der Waals surface area contributed by atoms with Crippen molar-refractivity contribution < 1.29 is 13.5 Å². The average molecular weight is 530 g/mol. The van der Waals surface area contributed by atoms with Gasteiger partial charge in [-0.1, -0.05) is 52.9 Å². The number of nitriles is 1. The lowest BCUT2D eigenvalue weighted by atomic mass is 10.1. The Morgan fingerprint density at radius 3 is 2.08 bits per heavy atom. The monoisotopic (exact) mass is 529 g/mol. The first-order valence-electron chi connectivity index (χ1n) is 13.1. The molecular formula is C27H39N5O4S. The van der Waals surface area contributed by atoms with Crippen molar-refractivity contribution in [1.82, 2.24) is 8.87 Å². The molecule has 37 heavy (non-hydrogen) atoms. The number of hydrogen-bond donors (Lipinski definition) is 1. The van der Waals surface area contributed by atoms with E-state index in [9.17, 15) is 23.6 Å². The molecule has 0 bridgehead atoms. The summed E-state index contributed by atoms with van der Waals surface area (Å²) in [6, 6.07) is 8.01. The molecule has 0 atom stereocenters. The molecule has 0 aliphatic rings. The van der Waals surface area contributed by atoms with Crippen LogP contribution in [-0.2, 0) is 16.6 Å². The van der Waals surface area contributed by atoms with Gasteiger partial charge in [-0.25, -0.2) is 8.42 Å². The van der Waals surface area contributed by atoms with Gasteiger partial charge in [-0.2, -0.15) is 14.7 Å². The molecule has 0 aliphatic heterocycles. The summed E-state index contributed by atoms with van der Waals surface area (Å²) in [5.74, 6) is -0.330. The predicted octanol–water partition coefficient (Wildman–Crippen LogP) is 6.32. The Balaban J connectivity index is 2.35. The van der Waals surface area contributed by atoms with E-state index >= 15 is 0 Å². The van der Waals surface area contributed by atoms with Gasteiger partial charge in [-0.15, -0.1) is 5.11 Å². The van der Waals surface area contributed by atoms with Crippen molar-refractivity contribution in [2.75, 3.05) is 13.1 Å². The number of rotatable bonds is 15. The standard InChI is InChI=1S/C27H39N5O4S/c1-5-8-11-12-19-32-26(33)24(20-28)21(4)25(27(32)34)30-29-22-13-15-23(16-14-22)37(35,36)31(17-9-6-2)18-10-7-3/h13-16,34H,5-12,17-19H2,1-4H3/b30-29+. The summed E-state index contributed by atoms with van der Waals surface area (Å²) in [5.41, 5.74) is 0.0562. The SMILES string of the molecule is CCCCCCn1c(O)c(/N=N/c2ccc(S(=O)(=O)N(CCCC)CCCC)cc2)c(C)c(C#N)c1=O. The Bertz CT molecular complexity index is 1250. The second-order valence-corrected chi connectivity index (χ2v) is 11.0. The Morgan fingerprint density at radius 2 is 1.54 bits per heavy atom. The van der Waals surface area contributed by atoms with Gasteiger partial charge < -0.3 is 5.11 Å². The van der Waals surface area contributed by atoms with Crippen molar-refractivity contribution in [2.24, 2.45) is 10.2 Å². The van der Waals surface area contributed by atoms with Crippen molar-refractivity contribution in [3.63, 3.8) is 0 Å². The van der Waals surface area contributed by atoms with Crippen molar-refractivity contribution in [3.8, 4) is 11.9 Å². The smallest absolute Gasteiger partial charge is 0.271 e. The van der Waals surface area contributed by atoms with Gasteiger partial charge in [0.2, 0.25) is 15.9 Å². The second-order valence-electron chi connectivity index (χ2n) is 9.11. The molecule has 0 saturated heterocycles. The fraction of sp³-hybridized carbons (Fsp3) is 0.556. The number of benzene rings is 1. The van der Waals surface area contributed by atoms with E-state index in [1.165, 1.54) is 21.0 Å². The van der Waals surface area contributed by atoms with Crippen molar-refractivity contribution in [2.45, 2.75) is 90.5 Å². The fourth-order valence-corrected chi connectivity index (χ4v) is 5.44. The second kappa shape index (κ2) is 14.6. The van der Waals surface area contributed by atoms with Crippen LogP contribution in [0.25, 0.3) is 0 Å². The largest absolute Gasteiger partial charge is 0.493 e. The molecule has 202 valence electrons. The Hall–Kier alpha value is -3.03. The molecule has 0 aliphatic carbocycles. The number of hydrogen-bond acceptors (Lipinski definition) is 7. The van der Waals surface area contributed by atoms with Crippen LogP contribution < -0.4 is 5.56 Å². The highest BCUT2D eigenvalue weighted by molar-refractivity contribution is 7.89. The molecular weight excluding hydrogens is 490 g/mol. The van der Waals surface area contributed by atoms with E-state index in [1.54, 1.807) is 19.1 Å². The molecule has 1 aromatic heterocycles. The molecule has 0 spiro atoms. The molecule has 2 rings (SSSR count). The first-order chi connectivity index (χ1) is 17.7. The lowest BCUT2D eigenvalue weighted by molar-refractivity contribution is 0.395. The Morgan fingerprint density at radius 1 is 0.946 bits per heavy atom. The fourth-order valence-electron chi connectivity index (χ4n) is 3.92. The summed E-state index contributed by atoms with van der Waals surface area (Å²) < 4.78 is 29.0. The van der Waals surface area contributed by atoms with E-state index in [0.717, 1.165) is 44.9 Å². The maximum Gasteiger partial charge on any atom is 0.271 e. The highest BCUT2D eigenvalue weighted by Crippen LogP contribution is 2.32. The van der Waals surface area contributed by atoms with Crippen LogP contribution in [0.3, 0.4) is 0 Å². The maximum absolute atomic E-state index is 13.2. The molecule has 9 nitrogen and oxygen atoms in total. The summed E-state index contributed by atoms with van der Waals surface area (Å²) in [7, 11) is -3.63. The van der Waals surface area contributed by atoms with Crippen LogP contribution in [0.1, 0.15) is 83.3 Å². The average Bonchev–Trinajstić information content (AvgIpc) is 2.88. The number of pyridine rings is 1. The Kier molecular flexibility index (Phi) is 12.0. The van der Waals surface area contributed by atoms with E-state index in [0.29, 0.717) is 25.2 Å². The number of aromatic nitrogens is 1. The third-order valence-electron chi connectivity index (χ3n) is 6.27. The maximum atomic E-state index is 13.2. The molecule has 0 fully saturated rings. The number of unbranched alkanes of at least 4 members (excludes halogenated alkanes) is 5. The predicted molar refractivity (Wildman–Crippen MR) is 145 cm³/mol. The summed E-state index contributed by atoms with van der Waals surface area (Å²) in [6.45, 7) is 8.93. The summed E-state index contributed by atoms with van der Waals surface area (Å²) in [5, 5.41) is 28.6. The first-order valence-corrected chi connectivity index (χ1v) is 14.5. The first kappa shape index (κ1) is 30.2.